The first-order valence-corrected chi connectivity index (χ1v) is 8.51. The van der Waals surface area contributed by atoms with Crippen molar-refractivity contribution in [1.29, 1.82) is 0 Å². The highest BCUT2D eigenvalue weighted by molar-refractivity contribution is 5.78. The molecule has 25 heavy (non-hydrogen) atoms. The summed E-state index contributed by atoms with van der Waals surface area (Å²) in [6, 6.07) is 3.84. The molecule has 1 unspecified atom stereocenters. The van der Waals surface area contributed by atoms with E-state index in [1.807, 2.05) is 24.8 Å². The molecule has 3 rings (SSSR count). The highest BCUT2D eigenvalue weighted by atomic mass is 16.3. The van der Waals surface area contributed by atoms with Gasteiger partial charge in [-0.15, -0.1) is 5.10 Å². The average Bonchev–Trinajstić information content (AvgIpc) is 3.28. The van der Waals surface area contributed by atoms with Crippen LogP contribution >= 0.6 is 0 Å². The molecule has 0 aromatic carbocycles. The lowest BCUT2D eigenvalue weighted by atomic mass is 10.00. The summed E-state index contributed by atoms with van der Waals surface area (Å²) in [7, 11) is 1.75. The predicted octanol–water partition coefficient (Wildman–Crippen LogP) is 1.00. The Morgan fingerprint density at radius 1 is 1.52 bits per heavy atom. The van der Waals surface area contributed by atoms with Crippen molar-refractivity contribution in [2.24, 2.45) is 0 Å². The van der Waals surface area contributed by atoms with Gasteiger partial charge in [-0.25, -0.2) is 4.68 Å². The van der Waals surface area contributed by atoms with Gasteiger partial charge < -0.3 is 14.4 Å². The highest BCUT2D eigenvalue weighted by Gasteiger charge is 2.40. The summed E-state index contributed by atoms with van der Waals surface area (Å²) in [5, 5.41) is 19.1. The highest BCUT2D eigenvalue weighted by Crippen LogP contribution is 2.30. The molecular formula is C17H25N5O3. The van der Waals surface area contributed by atoms with Crippen molar-refractivity contribution in [3.05, 3.63) is 36.0 Å². The number of rotatable bonds is 6. The van der Waals surface area contributed by atoms with Crippen LogP contribution in [0.4, 0.5) is 0 Å². The van der Waals surface area contributed by atoms with E-state index in [4.69, 9.17) is 4.42 Å². The van der Waals surface area contributed by atoms with Gasteiger partial charge in [0.25, 0.3) is 0 Å². The quantitative estimate of drug-likeness (QED) is 0.839. The second-order valence-electron chi connectivity index (χ2n) is 7.00. The Kier molecular flexibility index (Phi) is 4.91. The number of carbonyl (C=O) groups is 1. The minimum atomic E-state index is -1.05. The fraction of sp³-hybridized carbons (Fsp3) is 0.588. The summed E-state index contributed by atoms with van der Waals surface area (Å²) < 4.78 is 7.01. The van der Waals surface area contributed by atoms with Crippen LogP contribution in [0.3, 0.4) is 0 Å². The molecule has 8 nitrogen and oxygen atoms in total. The van der Waals surface area contributed by atoms with E-state index < -0.39 is 5.60 Å². The second-order valence-corrected chi connectivity index (χ2v) is 7.00. The number of likely N-dealkylation sites (tertiary alicyclic amines) is 1. The normalized spacial score (nSPS) is 21.2. The average molecular weight is 347 g/mol. The number of furan rings is 1. The zero-order chi connectivity index (χ0) is 18.0. The molecule has 1 fully saturated rings. The molecular weight excluding hydrogens is 322 g/mol. The molecule has 1 atom stereocenters. The summed E-state index contributed by atoms with van der Waals surface area (Å²) in [6.45, 7) is 5.74. The number of nitrogens with zero attached hydrogens (tertiary/aromatic N) is 5. The Hall–Kier alpha value is -2.19. The zero-order valence-corrected chi connectivity index (χ0v) is 14.9. The number of amides is 1. The van der Waals surface area contributed by atoms with Crippen LogP contribution < -0.4 is 0 Å². The molecule has 1 amide bonds. The minimum absolute atomic E-state index is 0.00788. The number of hydrogen-bond acceptors (Lipinski definition) is 6. The third-order valence-corrected chi connectivity index (χ3v) is 4.60. The van der Waals surface area contributed by atoms with Crippen LogP contribution in [0.5, 0.6) is 0 Å². The van der Waals surface area contributed by atoms with Crippen molar-refractivity contribution >= 4 is 5.91 Å². The summed E-state index contributed by atoms with van der Waals surface area (Å²) in [5.41, 5.74) is -0.479. The molecule has 1 saturated heterocycles. The summed E-state index contributed by atoms with van der Waals surface area (Å²) in [5.74, 6) is 0.741. The van der Waals surface area contributed by atoms with Gasteiger partial charge in [0.2, 0.25) is 5.91 Å². The van der Waals surface area contributed by atoms with Gasteiger partial charge in [0.15, 0.2) is 0 Å². The fourth-order valence-electron chi connectivity index (χ4n) is 2.99. The van der Waals surface area contributed by atoms with Crippen LogP contribution in [0.1, 0.15) is 37.8 Å². The number of likely N-dealkylation sites (N-methyl/N-ethyl adjacent to an activating group) is 1. The molecule has 0 saturated carbocycles. The molecule has 2 aromatic rings. The van der Waals surface area contributed by atoms with Crippen LogP contribution in [0.2, 0.25) is 0 Å². The Morgan fingerprint density at radius 2 is 2.32 bits per heavy atom. The van der Waals surface area contributed by atoms with Crippen molar-refractivity contribution in [1.82, 2.24) is 24.8 Å². The molecule has 1 aliphatic heterocycles. The maximum Gasteiger partial charge on any atom is 0.236 e. The van der Waals surface area contributed by atoms with Gasteiger partial charge in [-0.2, -0.15) is 0 Å². The third-order valence-electron chi connectivity index (χ3n) is 4.60. The topological polar surface area (TPSA) is 87.6 Å². The van der Waals surface area contributed by atoms with E-state index in [0.717, 1.165) is 5.76 Å². The minimum Gasteiger partial charge on any atom is -0.467 e. The predicted molar refractivity (Wildman–Crippen MR) is 90.5 cm³/mol. The van der Waals surface area contributed by atoms with Gasteiger partial charge in [0.1, 0.15) is 17.1 Å². The van der Waals surface area contributed by atoms with E-state index >= 15 is 0 Å². The lowest BCUT2D eigenvalue weighted by Gasteiger charge is -2.23. The van der Waals surface area contributed by atoms with Crippen molar-refractivity contribution in [3.63, 3.8) is 0 Å². The molecule has 1 aliphatic rings. The molecule has 0 spiro atoms. The van der Waals surface area contributed by atoms with Crippen molar-refractivity contribution < 1.29 is 14.3 Å². The first-order valence-electron chi connectivity index (χ1n) is 8.51. The van der Waals surface area contributed by atoms with Gasteiger partial charge in [-0.05, 0) is 32.4 Å². The second kappa shape index (κ2) is 6.97. The number of aliphatic hydroxyl groups is 1. The summed E-state index contributed by atoms with van der Waals surface area (Å²) in [6.07, 6.45) is 3.93. The smallest absolute Gasteiger partial charge is 0.236 e. The van der Waals surface area contributed by atoms with Crippen LogP contribution in [0.25, 0.3) is 0 Å². The van der Waals surface area contributed by atoms with Crippen LogP contribution in [0, 0.1) is 0 Å². The Labute approximate surface area is 147 Å². The summed E-state index contributed by atoms with van der Waals surface area (Å²) >= 11 is 0. The van der Waals surface area contributed by atoms with E-state index in [-0.39, 0.29) is 18.5 Å². The molecule has 2 aromatic heterocycles. The number of carbonyl (C=O) groups excluding carboxylic acids is 1. The maximum absolute atomic E-state index is 12.4. The first kappa shape index (κ1) is 17.6. The SMILES string of the molecule is CC(C)n1cc(C2(O)CCN(CC(=O)N(C)Cc3ccco3)C2)nn1. The van der Waals surface area contributed by atoms with Crippen LogP contribution in [-0.2, 0) is 16.9 Å². The zero-order valence-electron chi connectivity index (χ0n) is 14.9. The van der Waals surface area contributed by atoms with Gasteiger partial charge in [0.05, 0.1) is 25.5 Å². The standard InChI is InChI=1S/C17H25N5O3/c1-13(2)22-10-15(18-19-22)17(24)6-7-21(12-17)11-16(23)20(3)9-14-5-4-8-25-14/h4-5,8,10,13,24H,6-7,9,11-12H2,1-3H3. The Morgan fingerprint density at radius 3 is 2.96 bits per heavy atom. The van der Waals surface area contributed by atoms with E-state index in [2.05, 4.69) is 10.3 Å². The molecule has 8 heteroatoms. The van der Waals surface area contributed by atoms with Crippen molar-refractivity contribution in [2.45, 2.75) is 38.5 Å². The molecule has 0 aliphatic carbocycles. The Balaban J connectivity index is 1.57. The van der Waals surface area contributed by atoms with Gasteiger partial charge in [-0.3, -0.25) is 9.69 Å². The molecule has 136 valence electrons. The monoisotopic (exact) mass is 347 g/mol. The molecule has 0 radical (unpaired) electrons. The van der Waals surface area contributed by atoms with E-state index in [0.29, 0.717) is 31.7 Å². The third kappa shape index (κ3) is 3.91. The molecule has 0 bridgehead atoms. The number of hydrogen-bond donors (Lipinski definition) is 1. The summed E-state index contributed by atoms with van der Waals surface area (Å²) in [4.78, 5) is 16.0. The van der Waals surface area contributed by atoms with E-state index in [1.165, 1.54) is 0 Å². The Bertz CT molecular complexity index is 712. The largest absolute Gasteiger partial charge is 0.467 e. The van der Waals surface area contributed by atoms with Crippen LogP contribution in [0.15, 0.2) is 29.0 Å². The maximum atomic E-state index is 12.4. The molecule has 3 heterocycles. The lowest BCUT2D eigenvalue weighted by molar-refractivity contribution is -0.131. The lowest BCUT2D eigenvalue weighted by Crippen LogP contribution is -2.39. The first-order chi connectivity index (χ1) is 11.9. The van der Waals surface area contributed by atoms with Gasteiger partial charge >= 0.3 is 0 Å². The van der Waals surface area contributed by atoms with Crippen molar-refractivity contribution in [3.8, 4) is 0 Å². The van der Waals surface area contributed by atoms with Gasteiger partial charge in [-0.1, -0.05) is 5.21 Å². The van der Waals surface area contributed by atoms with Crippen LogP contribution in [-0.4, -0.2) is 62.5 Å². The number of β-amino-alcohol motifs (C(OH)–C–C–N with tert-alkyl or cyclic N) is 1. The molecule has 1 N–H and O–H groups in total. The number of aromatic nitrogens is 3. The fourth-order valence-corrected chi connectivity index (χ4v) is 2.99. The van der Waals surface area contributed by atoms with Gasteiger partial charge in [0, 0.05) is 26.2 Å². The van der Waals surface area contributed by atoms with Crippen molar-refractivity contribution in [2.75, 3.05) is 26.7 Å². The van der Waals surface area contributed by atoms with E-state index in [1.54, 1.807) is 35.2 Å². The van der Waals surface area contributed by atoms with E-state index in [9.17, 15) is 9.90 Å².